The fourth-order valence-corrected chi connectivity index (χ4v) is 2.95. The Labute approximate surface area is 141 Å². The molecule has 0 amide bonds. The molecule has 1 fully saturated rings. The van der Waals surface area contributed by atoms with Crippen LogP contribution in [0.15, 0.2) is 40.9 Å². The molecule has 1 saturated heterocycles. The Kier molecular flexibility index (Phi) is 4.86. The molecule has 5 atom stereocenters. The first-order chi connectivity index (χ1) is 11.0. The average Bonchev–Trinajstić information content (AvgIpc) is 2.55. The smallest absolute Gasteiger partial charge is 0.229 e. The van der Waals surface area contributed by atoms with Crippen LogP contribution in [-0.2, 0) is 4.74 Å². The highest BCUT2D eigenvalue weighted by Gasteiger charge is 2.44. The molecule has 1 heterocycles. The van der Waals surface area contributed by atoms with Gasteiger partial charge in [-0.25, -0.2) is 0 Å². The summed E-state index contributed by atoms with van der Waals surface area (Å²) >= 11 is 3.41. The zero-order chi connectivity index (χ0) is 16.6. The number of aliphatic hydroxyl groups is 4. The van der Waals surface area contributed by atoms with Crippen LogP contribution in [0, 0.1) is 0 Å². The Balaban J connectivity index is 1.81. The summed E-state index contributed by atoms with van der Waals surface area (Å²) in [7, 11) is 0. The van der Waals surface area contributed by atoms with E-state index in [0.29, 0.717) is 5.75 Å². The van der Waals surface area contributed by atoms with E-state index in [1.165, 1.54) is 0 Å². The summed E-state index contributed by atoms with van der Waals surface area (Å²) in [6.07, 6.45) is -6.45. The van der Waals surface area contributed by atoms with Crippen molar-refractivity contribution < 1.29 is 29.9 Å². The summed E-state index contributed by atoms with van der Waals surface area (Å²) in [5.74, 6) is 0.448. The third-order valence-corrected chi connectivity index (χ3v) is 4.37. The van der Waals surface area contributed by atoms with Gasteiger partial charge in [-0.05, 0) is 35.0 Å². The van der Waals surface area contributed by atoms with Crippen LogP contribution in [0.25, 0.3) is 10.8 Å². The number of rotatable bonds is 3. The summed E-state index contributed by atoms with van der Waals surface area (Å²) < 4.78 is 11.9. The van der Waals surface area contributed by atoms with Crippen molar-refractivity contribution in [1.82, 2.24) is 0 Å². The second kappa shape index (κ2) is 6.72. The van der Waals surface area contributed by atoms with Crippen LogP contribution in [0.5, 0.6) is 5.75 Å². The summed E-state index contributed by atoms with van der Waals surface area (Å²) in [6, 6.07) is 11.1. The minimum Gasteiger partial charge on any atom is -0.462 e. The summed E-state index contributed by atoms with van der Waals surface area (Å²) in [6.45, 7) is -0.490. The zero-order valence-corrected chi connectivity index (χ0v) is 13.6. The minimum atomic E-state index is -1.46. The predicted molar refractivity (Wildman–Crippen MR) is 86.0 cm³/mol. The normalized spacial score (nSPS) is 31.3. The van der Waals surface area contributed by atoms with Crippen LogP contribution in [0.3, 0.4) is 0 Å². The Morgan fingerprint density at radius 1 is 0.957 bits per heavy atom. The minimum absolute atomic E-state index is 0.448. The van der Waals surface area contributed by atoms with Crippen molar-refractivity contribution in [2.45, 2.75) is 30.7 Å². The van der Waals surface area contributed by atoms with Crippen LogP contribution in [0.4, 0.5) is 0 Å². The molecule has 0 saturated carbocycles. The van der Waals surface area contributed by atoms with Gasteiger partial charge in [-0.15, -0.1) is 0 Å². The van der Waals surface area contributed by atoms with Crippen LogP contribution in [0.2, 0.25) is 0 Å². The van der Waals surface area contributed by atoms with E-state index in [2.05, 4.69) is 15.9 Å². The summed E-state index contributed by atoms with van der Waals surface area (Å²) in [5, 5.41) is 40.6. The maximum absolute atomic E-state index is 9.98. The third kappa shape index (κ3) is 3.35. The second-order valence-electron chi connectivity index (χ2n) is 5.47. The molecule has 1 aliphatic rings. The highest BCUT2D eigenvalue weighted by Crippen LogP contribution is 2.28. The van der Waals surface area contributed by atoms with Gasteiger partial charge in [0.15, 0.2) is 0 Å². The number of aliphatic hydroxyl groups excluding tert-OH is 4. The van der Waals surface area contributed by atoms with Gasteiger partial charge < -0.3 is 29.9 Å². The van der Waals surface area contributed by atoms with E-state index in [9.17, 15) is 20.4 Å². The van der Waals surface area contributed by atoms with Crippen LogP contribution >= 0.6 is 15.9 Å². The molecule has 4 N–H and O–H groups in total. The molecule has 7 heteroatoms. The molecule has 0 unspecified atom stereocenters. The van der Waals surface area contributed by atoms with Crippen LogP contribution in [0.1, 0.15) is 0 Å². The standard InChI is InChI=1S/C16H17BrO6/c17-10-3-1-9-6-11(4-2-8(9)5-10)22-16-15(21)14(20)13(19)12(7-18)23-16/h1-6,12-16,18-21H,7H2/t12-,13-,14-,15-,16-/m1/s1. The van der Waals surface area contributed by atoms with Crippen LogP contribution < -0.4 is 4.74 Å². The quantitative estimate of drug-likeness (QED) is 0.624. The molecule has 3 rings (SSSR count). The Hall–Kier alpha value is -1.22. The molecular weight excluding hydrogens is 368 g/mol. The van der Waals surface area contributed by atoms with Gasteiger partial charge in [-0.3, -0.25) is 0 Å². The molecule has 0 radical (unpaired) electrons. The third-order valence-electron chi connectivity index (χ3n) is 3.87. The number of hydrogen-bond acceptors (Lipinski definition) is 6. The van der Waals surface area contributed by atoms with E-state index in [-0.39, 0.29) is 0 Å². The lowest BCUT2D eigenvalue weighted by atomic mass is 9.99. The maximum Gasteiger partial charge on any atom is 0.229 e. The Morgan fingerprint density at radius 2 is 1.65 bits per heavy atom. The SMILES string of the molecule is OC[C@H]1O[C@@H](Oc2ccc3cc(Br)ccc3c2)[C@H](O)[C@H](O)[C@@H]1O. The number of fused-ring (bicyclic) bond motifs is 1. The number of halogens is 1. The fourth-order valence-electron chi connectivity index (χ4n) is 2.57. The first-order valence-electron chi connectivity index (χ1n) is 7.16. The lowest BCUT2D eigenvalue weighted by Gasteiger charge is -2.39. The first-order valence-corrected chi connectivity index (χ1v) is 7.95. The molecule has 6 nitrogen and oxygen atoms in total. The molecule has 0 aliphatic carbocycles. The van der Waals surface area contributed by atoms with Crippen molar-refractivity contribution in [1.29, 1.82) is 0 Å². The van der Waals surface area contributed by atoms with Gasteiger partial charge in [0.05, 0.1) is 6.61 Å². The van der Waals surface area contributed by atoms with E-state index in [4.69, 9.17) is 9.47 Å². The highest BCUT2D eigenvalue weighted by atomic mass is 79.9. The summed E-state index contributed by atoms with van der Waals surface area (Å²) in [4.78, 5) is 0. The van der Waals surface area contributed by atoms with E-state index in [1.807, 2.05) is 24.3 Å². The Morgan fingerprint density at radius 3 is 2.39 bits per heavy atom. The van der Waals surface area contributed by atoms with Gasteiger partial charge in [0.25, 0.3) is 0 Å². The van der Waals surface area contributed by atoms with Crippen molar-refractivity contribution in [3.8, 4) is 5.75 Å². The molecule has 2 aromatic carbocycles. The lowest BCUT2D eigenvalue weighted by molar-refractivity contribution is -0.277. The lowest BCUT2D eigenvalue weighted by Crippen LogP contribution is -2.60. The highest BCUT2D eigenvalue weighted by molar-refractivity contribution is 9.10. The second-order valence-corrected chi connectivity index (χ2v) is 6.38. The monoisotopic (exact) mass is 384 g/mol. The van der Waals surface area contributed by atoms with E-state index in [1.54, 1.807) is 12.1 Å². The molecule has 0 aromatic heterocycles. The van der Waals surface area contributed by atoms with Gasteiger partial charge in [-0.2, -0.15) is 0 Å². The average molecular weight is 385 g/mol. The van der Waals surface area contributed by atoms with Crippen molar-refractivity contribution in [2.75, 3.05) is 6.61 Å². The van der Waals surface area contributed by atoms with Crippen molar-refractivity contribution in [3.63, 3.8) is 0 Å². The van der Waals surface area contributed by atoms with Crippen molar-refractivity contribution in [3.05, 3.63) is 40.9 Å². The number of hydrogen-bond donors (Lipinski definition) is 4. The molecule has 23 heavy (non-hydrogen) atoms. The van der Waals surface area contributed by atoms with Gasteiger partial charge in [0, 0.05) is 4.47 Å². The largest absolute Gasteiger partial charge is 0.462 e. The molecule has 0 spiro atoms. The molecule has 124 valence electrons. The van der Waals surface area contributed by atoms with Crippen molar-refractivity contribution >= 4 is 26.7 Å². The zero-order valence-electron chi connectivity index (χ0n) is 12.0. The topological polar surface area (TPSA) is 99.4 Å². The maximum atomic E-state index is 9.98. The predicted octanol–water partition coefficient (Wildman–Crippen LogP) is 0.781. The summed E-state index contributed by atoms with van der Waals surface area (Å²) in [5.41, 5.74) is 0. The number of ether oxygens (including phenoxy) is 2. The van der Waals surface area contributed by atoms with Crippen molar-refractivity contribution in [2.24, 2.45) is 0 Å². The first kappa shape index (κ1) is 16.6. The Bertz CT molecular complexity index is 691. The fraction of sp³-hybridized carbons (Fsp3) is 0.375. The van der Waals surface area contributed by atoms with E-state index in [0.717, 1.165) is 15.2 Å². The van der Waals surface area contributed by atoms with Gasteiger partial charge >= 0.3 is 0 Å². The van der Waals surface area contributed by atoms with E-state index >= 15 is 0 Å². The number of benzene rings is 2. The molecule has 2 aromatic rings. The van der Waals surface area contributed by atoms with Gasteiger partial charge in [0.2, 0.25) is 6.29 Å². The molecule has 1 aliphatic heterocycles. The van der Waals surface area contributed by atoms with Crippen LogP contribution in [-0.4, -0.2) is 57.7 Å². The molecule has 0 bridgehead atoms. The van der Waals surface area contributed by atoms with Gasteiger partial charge in [0.1, 0.15) is 30.2 Å². The van der Waals surface area contributed by atoms with Gasteiger partial charge in [-0.1, -0.05) is 28.1 Å². The van der Waals surface area contributed by atoms with E-state index < -0.39 is 37.3 Å². The molecular formula is C16H17BrO6.